The Morgan fingerprint density at radius 1 is 1.41 bits per heavy atom. The van der Waals surface area contributed by atoms with Crippen LogP contribution in [0.25, 0.3) is 6.08 Å². The van der Waals surface area contributed by atoms with Gasteiger partial charge in [0.25, 0.3) is 0 Å². The molecular weight excluding hydrogens is 385 g/mol. The number of quaternary nitrogens is 1. The average Bonchev–Trinajstić information content (AvgIpc) is 3.42. The molecule has 1 saturated carbocycles. The molecule has 3 N–H and O–H groups in total. The van der Waals surface area contributed by atoms with Gasteiger partial charge in [-0.1, -0.05) is 18.5 Å². The first-order valence-electron chi connectivity index (χ1n) is 8.74. The number of carbonyl (C=O) groups excluding carboxylic acids is 1. The molecule has 0 saturated heterocycles. The smallest absolute Gasteiger partial charge is 0.430 e. The van der Waals surface area contributed by atoms with Crippen molar-refractivity contribution in [2.75, 3.05) is 18.0 Å². The monoisotopic (exact) mass is 405 g/mol. The van der Waals surface area contributed by atoms with Crippen molar-refractivity contribution in [3.8, 4) is 5.75 Å². The second-order valence-corrected chi connectivity index (χ2v) is 7.21. The van der Waals surface area contributed by atoms with Crippen LogP contribution in [0.3, 0.4) is 0 Å². The number of benzene rings is 1. The van der Waals surface area contributed by atoms with E-state index in [1.54, 1.807) is 0 Å². The van der Waals surface area contributed by atoms with Crippen LogP contribution >= 0.6 is 11.6 Å². The molecule has 0 radical (unpaired) electrons. The van der Waals surface area contributed by atoms with Gasteiger partial charge in [0.05, 0.1) is 16.3 Å². The molecule has 1 aliphatic heterocycles. The van der Waals surface area contributed by atoms with Crippen LogP contribution in [0.2, 0.25) is 5.02 Å². The van der Waals surface area contributed by atoms with Gasteiger partial charge in [0.2, 0.25) is 6.10 Å². The molecule has 1 aromatic carbocycles. The molecule has 5 nitrogen and oxygen atoms in total. The predicted molar refractivity (Wildman–Crippen MR) is 94.1 cm³/mol. The van der Waals surface area contributed by atoms with Crippen LogP contribution in [0.1, 0.15) is 31.7 Å². The number of anilines is 1. The molecule has 0 bridgehead atoms. The molecule has 9 heteroatoms. The van der Waals surface area contributed by atoms with Crippen molar-refractivity contribution in [3.63, 3.8) is 0 Å². The number of hydrogen-bond acceptors (Lipinski definition) is 4. The first-order valence-corrected chi connectivity index (χ1v) is 9.12. The molecule has 0 amide bonds. The standard InChI is InChI=1S/C18H21ClF3N2O3/c1-2-5-24(9-10-3-4-10)14-8-15-11(7-13(14)19)6-12(17(25)27-23)16(26-15)18(20,21)22/h6-8,10,16H,2-5,9H2,1,23H3/q+1. The summed E-state index contributed by atoms with van der Waals surface area (Å²) in [5.74, 6) is 2.33. The Bertz CT molecular complexity index is 763. The Balaban J connectivity index is 2.01. The lowest BCUT2D eigenvalue weighted by Crippen LogP contribution is -2.53. The Kier molecular flexibility index (Phi) is 5.58. The second-order valence-electron chi connectivity index (χ2n) is 6.80. The molecule has 1 unspecified atom stereocenters. The van der Waals surface area contributed by atoms with Crippen molar-refractivity contribution in [2.45, 2.75) is 38.5 Å². The Labute approximate surface area is 159 Å². The van der Waals surface area contributed by atoms with Gasteiger partial charge in [-0.15, -0.1) is 0 Å². The second kappa shape index (κ2) is 7.59. The molecular formula is C18H21ClF3N2O3+. The van der Waals surface area contributed by atoms with Crippen molar-refractivity contribution in [1.82, 2.24) is 0 Å². The highest BCUT2D eigenvalue weighted by Crippen LogP contribution is 2.42. The summed E-state index contributed by atoms with van der Waals surface area (Å²) in [6, 6.07) is 3.04. The highest BCUT2D eigenvalue weighted by atomic mass is 35.5. The molecule has 0 aromatic heterocycles. The predicted octanol–water partition coefficient (Wildman–Crippen LogP) is 3.37. The quantitative estimate of drug-likeness (QED) is 0.737. The van der Waals surface area contributed by atoms with E-state index in [-0.39, 0.29) is 5.75 Å². The molecule has 0 spiro atoms. The zero-order valence-electron chi connectivity index (χ0n) is 14.8. The maximum atomic E-state index is 13.4. The van der Waals surface area contributed by atoms with Crippen LogP contribution in [0, 0.1) is 5.92 Å². The van der Waals surface area contributed by atoms with E-state index in [0.717, 1.165) is 38.4 Å². The van der Waals surface area contributed by atoms with Crippen molar-refractivity contribution >= 4 is 29.3 Å². The van der Waals surface area contributed by atoms with Gasteiger partial charge in [-0.2, -0.15) is 19.1 Å². The lowest BCUT2D eigenvalue weighted by atomic mass is 10.0. The third-order valence-electron chi connectivity index (χ3n) is 4.59. The molecule has 1 atom stereocenters. The summed E-state index contributed by atoms with van der Waals surface area (Å²) in [5, 5.41) is 0.399. The van der Waals surface area contributed by atoms with Crippen LogP contribution in [-0.4, -0.2) is 31.3 Å². The molecule has 1 fully saturated rings. The van der Waals surface area contributed by atoms with Crippen LogP contribution in [0.15, 0.2) is 17.7 Å². The van der Waals surface area contributed by atoms with Crippen molar-refractivity contribution in [3.05, 3.63) is 28.3 Å². The van der Waals surface area contributed by atoms with E-state index >= 15 is 0 Å². The van der Waals surface area contributed by atoms with Gasteiger partial charge in [-0.05, 0) is 37.3 Å². The van der Waals surface area contributed by atoms with Gasteiger partial charge < -0.3 is 9.64 Å². The lowest BCUT2D eigenvalue weighted by molar-refractivity contribution is -0.656. The normalized spacial score (nSPS) is 19.0. The number of halogens is 4. The van der Waals surface area contributed by atoms with Crippen molar-refractivity contribution in [1.29, 1.82) is 0 Å². The number of alkyl halides is 3. The van der Waals surface area contributed by atoms with E-state index in [2.05, 4.69) is 15.6 Å². The number of ether oxygens (including phenoxy) is 1. The fraction of sp³-hybridized carbons (Fsp3) is 0.500. The maximum Gasteiger partial charge on any atom is 0.430 e. The Hall–Kier alpha value is -1.93. The Morgan fingerprint density at radius 3 is 2.67 bits per heavy atom. The minimum absolute atomic E-state index is 0.0363. The molecule has 1 aromatic rings. The highest BCUT2D eigenvalue weighted by Gasteiger charge is 2.49. The topological polar surface area (TPSA) is 66.4 Å². The molecule has 1 aliphatic carbocycles. The van der Waals surface area contributed by atoms with Crippen LogP contribution < -0.4 is 15.5 Å². The minimum atomic E-state index is -4.77. The first-order chi connectivity index (χ1) is 12.7. The van der Waals surface area contributed by atoms with E-state index in [0.29, 0.717) is 22.2 Å². The average molecular weight is 406 g/mol. The minimum Gasteiger partial charge on any atom is -0.475 e. The number of fused-ring (bicyclic) bond motifs is 1. The number of nitrogens with zero attached hydrogens (tertiary/aromatic N) is 1. The number of carbonyl (C=O) groups is 1. The molecule has 1 heterocycles. The summed E-state index contributed by atoms with van der Waals surface area (Å²) in [7, 11) is 0. The van der Waals surface area contributed by atoms with E-state index in [4.69, 9.17) is 16.3 Å². The fourth-order valence-electron chi connectivity index (χ4n) is 3.13. The van der Waals surface area contributed by atoms with Gasteiger partial charge >= 0.3 is 12.1 Å². The Morgan fingerprint density at radius 2 is 2.11 bits per heavy atom. The van der Waals surface area contributed by atoms with E-state index in [9.17, 15) is 18.0 Å². The number of hydrogen-bond donors (Lipinski definition) is 1. The highest BCUT2D eigenvalue weighted by molar-refractivity contribution is 6.33. The van der Waals surface area contributed by atoms with Gasteiger partial charge in [0.1, 0.15) is 5.75 Å². The third-order valence-corrected chi connectivity index (χ3v) is 4.89. The molecule has 148 valence electrons. The van der Waals surface area contributed by atoms with Gasteiger partial charge in [0, 0.05) is 24.7 Å². The summed E-state index contributed by atoms with van der Waals surface area (Å²) < 4.78 is 45.3. The largest absolute Gasteiger partial charge is 0.475 e. The summed E-state index contributed by atoms with van der Waals surface area (Å²) in [6.45, 7) is 3.58. The van der Waals surface area contributed by atoms with Gasteiger partial charge in [0.15, 0.2) is 0 Å². The van der Waals surface area contributed by atoms with Gasteiger partial charge in [-0.3, -0.25) is 4.84 Å². The first kappa shape index (κ1) is 19.8. The zero-order valence-corrected chi connectivity index (χ0v) is 15.6. The van der Waals surface area contributed by atoms with Gasteiger partial charge in [-0.25, -0.2) is 4.79 Å². The van der Waals surface area contributed by atoms with E-state index in [1.807, 2.05) is 6.92 Å². The molecule has 2 aliphatic rings. The fourth-order valence-corrected chi connectivity index (χ4v) is 3.43. The molecule has 3 rings (SSSR count). The van der Waals surface area contributed by atoms with Crippen molar-refractivity contribution in [2.24, 2.45) is 5.92 Å². The van der Waals surface area contributed by atoms with Crippen molar-refractivity contribution < 1.29 is 33.4 Å². The summed E-state index contributed by atoms with van der Waals surface area (Å²) in [4.78, 5) is 18.0. The third kappa shape index (κ3) is 4.32. The zero-order chi connectivity index (χ0) is 19.8. The SMILES string of the molecule is CCCN(CC1CC1)c1cc2c(cc1Cl)C=C(C(=O)O[NH3+])C(C(F)(F)F)O2. The number of rotatable bonds is 6. The summed E-state index contributed by atoms with van der Waals surface area (Å²) >= 11 is 6.41. The van der Waals surface area contributed by atoms with E-state index < -0.39 is 23.8 Å². The molecule has 27 heavy (non-hydrogen) atoms. The summed E-state index contributed by atoms with van der Waals surface area (Å²) in [5.41, 5.74) is 0.284. The maximum absolute atomic E-state index is 13.4. The van der Waals surface area contributed by atoms with Crippen LogP contribution in [0.5, 0.6) is 5.75 Å². The van der Waals surface area contributed by atoms with E-state index in [1.165, 1.54) is 12.1 Å². The lowest BCUT2D eigenvalue weighted by Gasteiger charge is -2.30. The van der Waals surface area contributed by atoms with Crippen LogP contribution in [0.4, 0.5) is 18.9 Å². The summed E-state index contributed by atoms with van der Waals surface area (Å²) in [6.07, 6.45) is -2.90. The van der Waals surface area contributed by atoms with Crippen LogP contribution in [-0.2, 0) is 9.63 Å².